The van der Waals surface area contributed by atoms with Gasteiger partial charge in [0.1, 0.15) is 15.5 Å². The number of carbonyl (C=O) groups excluding carboxylic acids is 1. The Morgan fingerprint density at radius 2 is 2.19 bits per heavy atom. The summed E-state index contributed by atoms with van der Waals surface area (Å²) in [6, 6.07) is 7.53. The lowest BCUT2D eigenvalue weighted by molar-refractivity contribution is 0.103. The summed E-state index contributed by atoms with van der Waals surface area (Å²) in [6.07, 6.45) is 1.64. The van der Waals surface area contributed by atoms with Crippen molar-refractivity contribution in [3.63, 3.8) is 0 Å². The number of rotatable bonds is 2. The Morgan fingerprint density at radius 3 is 2.90 bits per heavy atom. The second-order valence-electron chi connectivity index (χ2n) is 4.28. The number of amides is 1. The summed E-state index contributed by atoms with van der Waals surface area (Å²) in [6.45, 7) is 0. The number of hydrogen-bond acceptors (Lipinski definition) is 4. The number of nitrogen functional groups attached to an aromatic ring is 1. The van der Waals surface area contributed by atoms with Gasteiger partial charge in [-0.05, 0) is 30.3 Å². The van der Waals surface area contributed by atoms with Gasteiger partial charge < -0.3 is 11.1 Å². The van der Waals surface area contributed by atoms with E-state index in [0.717, 1.165) is 5.39 Å². The van der Waals surface area contributed by atoms with E-state index in [9.17, 15) is 9.18 Å². The van der Waals surface area contributed by atoms with Crippen LogP contribution >= 0.6 is 22.9 Å². The van der Waals surface area contributed by atoms with Crippen LogP contribution in [0.3, 0.4) is 0 Å². The molecule has 0 aliphatic rings. The van der Waals surface area contributed by atoms with E-state index in [1.54, 1.807) is 18.3 Å². The number of anilines is 2. The number of benzene rings is 1. The normalized spacial score (nSPS) is 10.8. The Labute approximate surface area is 128 Å². The average molecular weight is 322 g/mol. The van der Waals surface area contributed by atoms with E-state index in [0.29, 0.717) is 21.1 Å². The number of nitrogens with zero attached hydrogens (tertiary/aromatic N) is 1. The fourth-order valence-electron chi connectivity index (χ4n) is 1.88. The van der Waals surface area contributed by atoms with Crippen LogP contribution in [0.5, 0.6) is 0 Å². The quantitative estimate of drug-likeness (QED) is 0.751. The van der Waals surface area contributed by atoms with E-state index < -0.39 is 5.82 Å². The van der Waals surface area contributed by atoms with Crippen LogP contribution < -0.4 is 11.1 Å². The predicted molar refractivity (Wildman–Crippen MR) is 83.4 cm³/mol. The van der Waals surface area contributed by atoms with E-state index in [2.05, 4.69) is 10.3 Å². The first-order valence-corrected chi connectivity index (χ1v) is 7.15. The molecule has 3 aromatic rings. The fourth-order valence-corrected chi connectivity index (χ4v) is 3.02. The smallest absolute Gasteiger partial charge is 0.267 e. The van der Waals surface area contributed by atoms with Gasteiger partial charge >= 0.3 is 0 Å². The summed E-state index contributed by atoms with van der Waals surface area (Å²) in [5.74, 6) is -0.918. The number of nitrogens with one attached hydrogen (secondary N) is 1. The summed E-state index contributed by atoms with van der Waals surface area (Å²) >= 11 is 6.88. The Morgan fingerprint density at radius 1 is 1.38 bits per heavy atom. The molecule has 0 aliphatic carbocycles. The molecule has 106 valence electrons. The molecule has 1 amide bonds. The van der Waals surface area contributed by atoms with Gasteiger partial charge in [0.2, 0.25) is 0 Å². The Balaban J connectivity index is 1.93. The monoisotopic (exact) mass is 321 g/mol. The largest absolute Gasteiger partial charge is 0.397 e. The molecule has 21 heavy (non-hydrogen) atoms. The molecule has 0 unspecified atom stereocenters. The van der Waals surface area contributed by atoms with Gasteiger partial charge in [-0.3, -0.25) is 4.79 Å². The number of nitrogens with two attached hydrogens (primary N) is 1. The highest BCUT2D eigenvalue weighted by atomic mass is 35.5. The second-order valence-corrected chi connectivity index (χ2v) is 5.69. The number of halogens is 2. The second kappa shape index (κ2) is 5.31. The molecule has 0 bridgehead atoms. The lowest BCUT2D eigenvalue weighted by Gasteiger charge is -2.05. The molecular weight excluding hydrogens is 313 g/mol. The van der Waals surface area contributed by atoms with Crippen LogP contribution in [0.1, 0.15) is 9.67 Å². The van der Waals surface area contributed by atoms with E-state index in [-0.39, 0.29) is 10.9 Å². The molecule has 1 aromatic carbocycles. The Hall–Kier alpha value is -2.18. The molecule has 4 nitrogen and oxygen atoms in total. The van der Waals surface area contributed by atoms with Crippen LogP contribution in [0.2, 0.25) is 5.02 Å². The SMILES string of the molecule is Nc1c(C(=O)Nc2ccc(F)c(Cl)c2)sc2ncccc12. The van der Waals surface area contributed by atoms with Gasteiger partial charge in [0.25, 0.3) is 5.91 Å². The molecular formula is C14H9ClFN3OS. The van der Waals surface area contributed by atoms with Gasteiger partial charge in [0.05, 0.1) is 10.7 Å². The Bertz CT molecular complexity index is 849. The van der Waals surface area contributed by atoms with Crippen molar-refractivity contribution in [2.75, 3.05) is 11.1 Å². The molecule has 0 atom stereocenters. The maximum Gasteiger partial charge on any atom is 0.267 e. The number of carbonyl (C=O) groups is 1. The maximum atomic E-state index is 13.1. The van der Waals surface area contributed by atoms with E-state index in [1.807, 2.05) is 0 Å². The van der Waals surface area contributed by atoms with Crippen LogP contribution in [0.25, 0.3) is 10.2 Å². The molecule has 0 radical (unpaired) electrons. The zero-order chi connectivity index (χ0) is 15.0. The number of thiophene rings is 1. The summed E-state index contributed by atoms with van der Waals surface area (Å²) in [4.78, 5) is 17.5. The van der Waals surface area contributed by atoms with Crippen molar-refractivity contribution in [1.29, 1.82) is 0 Å². The zero-order valence-electron chi connectivity index (χ0n) is 10.6. The summed E-state index contributed by atoms with van der Waals surface area (Å²) < 4.78 is 13.1. The first-order chi connectivity index (χ1) is 10.1. The van der Waals surface area contributed by atoms with Crippen LogP contribution in [-0.4, -0.2) is 10.9 Å². The maximum absolute atomic E-state index is 13.1. The molecule has 0 saturated heterocycles. The van der Waals surface area contributed by atoms with Crippen LogP contribution in [0.4, 0.5) is 15.8 Å². The van der Waals surface area contributed by atoms with Gasteiger partial charge in [-0.2, -0.15) is 0 Å². The average Bonchev–Trinajstić information content (AvgIpc) is 2.81. The van der Waals surface area contributed by atoms with Crippen LogP contribution in [0, 0.1) is 5.82 Å². The van der Waals surface area contributed by atoms with Crippen molar-refractivity contribution >= 4 is 50.4 Å². The summed E-state index contributed by atoms with van der Waals surface area (Å²) in [5, 5.41) is 3.32. The molecule has 0 aliphatic heterocycles. The van der Waals surface area contributed by atoms with E-state index >= 15 is 0 Å². The highest BCUT2D eigenvalue weighted by molar-refractivity contribution is 7.21. The van der Waals surface area contributed by atoms with Gasteiger partial charge in [-0.1, -0.05) is 11.6 Å². The van der Waals surface area contributed by atoms with Gasteiger partial charge in [-0.15, -0.1) is 11.3 Å². The van der Waals surface area contributed by atoms with Crippen LogP contribution in [-0.2, 0) is 0 Å². The standard InChI is InChI=1S/C14H9ClFN3OS/c15-9-6-7(3-4-10(9)16)19-13(20)12-11(17)8-2-1-5-18-14(8)21-12/h1-6H,17H2,(H,19,20). The molecule has 7 heteroatoms. The minimum Gasteiger partial charge on any atom is -0.397 e. The summed E-state index contributed by atoms with van der Waals surface area (Å²) in [7, 11) is 0. The number of fused-ring (bicyclic) bond motifs is 1. The van der Waals surface area contributed by atoms with Crippen molar-refractivity contribution in [2.45, 2.75) is 0 Å². The molecule has 0 fully saturated rings. The highest BCUT2D eigenvalue weighted by Crippen LogP contribution is 2.32. The minimum atomic E-state index is -0.541. The third-order valence-corrected chi connectivity index (χ3v) is 4.31. The molecule has 3 N–H and O–H groups in total. The molecule has 3 rings (SSSR count). The van der Waals surface area contributed by atoms with Gasteiger partial charge in [0.15, 0.2) is 0 Å². The molecule has 2 aromatic heterocycles. The molecule has 2 heterocycles. The first kappa shape index (κ1) is 13.8. The van der Waals surface area contributed by atoms with Crippen LogP contribution in [0.15, 0.2) is 36.5 Å². The Kier molecular flexibility index (Phi) is 3.48. The van der Waals surface area contributed by atoms with Gasteiger partial charge in [-0.25, -0.2) is 9.37 Å². The number of hydrogen-bond donors (Lipinski definition) is 2. The number of pyridine rings is 1. The fraction of sp³-hybridized carbons (Fsp3) is 0. The third kappa shape index (κ3) is 2.55. The van der Waals surface area contributed by atoms with Crippen molar-refractivity contribution < 1.29 is 9.18 Å². The minimum absolute atomic E-state index is 0.0567. The predicted octanol–water partition coefficient (Wildman–Crippen LogP) is 3.92. The zero-order valence-corrected chi connectivity index (χ0v) is 12.1. The first-order valence-electron chi connectivity index (χ1n) is 5.95. The number of aromatic nitrogens is 1. The topological polar surface area (TPSA) is 68.0 Å². The highest BCUT2D eigenvalue weighted by Gasteiger charge is 2.17. The van der Waals surface area contributed by atoms with Crippen molar-refractivity contribution in [1.82, 2.24) is 4.98 Å². The third-order valence-electron chi connectivity index (χ3n) is 2.89. The van der Waals surface area contributed by atoms with Crippen molar-refractivity contribution in [3.05, 3.63) is 52.2 Å². The van der Waals surface area contributed by atoms with Crippen molar-refractivity contribution in [3.8, 4) is 0 Å². The molecule has 0 saturated carbocycles. The lowest BCUT2D eigenvalue weighted by atomic mass is 10.2. The van der Waals surface area contributed by atoms with E-state index in [4.69, 9.17) is 17.3 Å². The van der Waals surface area contributed by atoms with Crippen molar-refractivity contribution in [2.24, 2.45) is 0 Å². The lowest BCUT2D eigenvalue weighted by Crippen LogP contribution is -2.12. The van der Waals surface area contributed by atoms with Gasteiger partial charge in [0, 0.05) is 17.3 Å². The van der Waals surface area contributed by atoms with E-state index in [1.165, 1.54) is 29.5 Å². The summed E-state index contributed by atoms with van der Waals surface area (Å²) in [5.41, 5.74) is 6.75. The molecule has 0 spiro atoms.